The van der Waals surface area contributed by atoms with Crippen molar-refractivity contribution in [1.82, 2.24) is 14.9 Å². The lowest BCUT2D eigenvalue weighted by atomic mass is 9.91. The van der Waals surface area contributed by atoms with Gasteiger partial charge in [-0.05, 0) is 12.3 Å². The number of likely N-dealkylation sites (tertiary alicyclic amines) is 1. The van der Waals surface area contributed by atoms with E-state index in [0.29, 0.717) is 18.7 Å². The number of hydrogen-bond donors (Lipinski definition) is 2. The summed E-state index contributed by atoms with van der Waals surface area (Å²) < 4.78 is 5.06. The lowest BCUT2D eigenvalue weighted by Gasteiger charge is -2.34. The number of rotatable bonds is 3. The van der Waals surface area contributed by atoms with Crippen LogP contribution in [0.3, 0.4) is 0 Å². The van der Waals surface area contributed by atoms with Crippen LogP contribution in [0.15, 0.2) is 12.5 Å². The zero-order valence-electron chi connectivity index (χ0n) is 11.9. The van der Waals surface area contributed by atoms with E-state index in [-0.39, 0.29) is 24.3 Å². The number of amides is 2. The van der Waals surface area contributed by atoms with Crippen LogP contribution in [0.2, 0.25) is 0 Å². The minimum Gasteiger partial charge on any atom is -0.491 e. The molecule has 2 heterocycles. The molecule has 114 valence electrons. The summed E-state index contributed by atoms with van der Waals surface area (Å²) in [6, 6.07) is -0.384. The molecule has 1 aromatic heterocycles. The number of piperidine rings is 1. The predicted octanol–water partition coefficient (Wildman–Crippen LogP) is 1.06. The maximum Gasteiger partial charge on any atom is 0.323 e. The van der Waals surface area contributed by atoms with Crippen molar-refractivity contribution < 1.29 is 19.4 Å². The molecule has 8 nitrogen and oxygen atoms in total. The highest BCUT2D eigenvalue weighted by Crippen LogP contribution is 2.24. The van der Waals surface area contributed by atoms with Crippen LogP contribution in [0.1, 0.15) is 13.3 Å². The number of nitrogens with one attached hydrogen (secondary N) is 1. The van der Waals surface area contributed by atoms with Crippen molar-refractivity contribution in [2.45, 2.75) is 13.3 Å². The monoisotopic (exact) mass is 294 g/mol. The number of aromatic nitrogens is 2. The van der Waals surface area contributed by atoms with Crippen molar-refractivity contribution in [3.63, 3.8) is 0 Å². The molecule has 2 rings (SSSR count). The molecule has 0 spiro atoms. The maximum atomic E-state index is 12.3. The highest BCUT2D eigenvalue weighted by molar-refractivity contribution is 5.90. The molecule has 1 fully saturated rings. The van der Waals surface area contributed by atoms with Crippen molar-refractivity contribution in [1.29, 1.82) is 0 Å². The van der Waals surface area contributed by atoms with Crippen LogP contribution in [0.5, 0.6) is 5.75 Å². The van der Waals surface area contributed by atoms with Crippen LogP contribution < -0.4 is 10.1 Å². The molecule has 21 heavy (non-hydrogen) atoms. The number of ether oxygens (including phenoxy) is 1. The molecule has 0 aliphatic carbocycles. The summed E-state index contributed by atoms with van der Waals surface area (Å²) in [6.07, 6.45) is 3.33. The molecule has 1 saturated heterocycles. The molecule has 0 saturated carbocycles. The van der Waals surface area contributed by atoms with Crippen molar-refractivity contribution in [3.05, 3.63) is 12.5 Å². The highest BCUT2D eigenvalue weighted by atomic mass is 16.5. The van der Waals surface area contributed by atoms with Crippen LogP contribution in [0, 0.1) is 11.8 Å². The Kier molecular flexibility index (Phi) is 4.56. The van der Waals surface area contributed by atoms with Gasteiger partial charge < -0.3 is 14.7 Å². The summed E-state index contributed by atoms with van der Waals surface area (Å²) >= 11 is 0. The van der Waals surface area contributed by atoms with Crippen LogP contribution in [-0.2, 0) is 4.79 Å². The number of methoxy groups -OCH3 is 1. The first kappa shape index (κ1) is 15.0. The Morgan fingerprint density at radius 1 is 1.48 bits per heavy atom. The van der Waals surface area contributed by atoms with E-state index in [9.17, 15) is 9.59 Å². The second kappa shape index (κ2) is 6.38. The van der Waals surface area contributed by atoms with E-state index in [1.807, 2.05) is 6.92 Å². The fourth-order valence-electron chi connectivity index (χ4n) is 2.44. The Balaban J connectivity index is 2.07. The van der Waals surface area contributed by atoms with Crippen LogP contribution >= 0.6 is 0 Å². The predicted molar refractivity (Wildman–Crippen MR) is 74.1 cm³/mol. The number of anilines is 1. The molecule has 2 atom stereocenters. The van der Waals surface area contributed by atoms with Gasteiger partial charge in [0.2, 0.25) is 0 Å². The van der Waals surface area contributed by atoms with Crippen LogP contribution in [-0.4, -0.2) is 52.2 Å². The number of carbonyl (C=O) groups excluding carboxylic acids is 1. The minimum atomic E-state index is -0.876. The van der Waals surface area contributed by atoms with E-state index < -0.39 is 11.9 Å². The zero-order chi connectivity index (χ0) is 15.4. The van der Waals surface area contributed by atoms with Crippen molar-refractivity contribution in [3.8, 4) is 5.75 Å². The maximum absolute atomic E-state index is 12.3. The fourth-order valence-corrected chi connectivity index (χ4v) is 2.44. The third kappa shape index (κ3) is 3.59. The van der Waals surface area contributed by atoms with Gasteiger partial charge in [-0.3, -0.25) is 10.1 Å². The molecular formula is C13H18N4O4. The number of nitrogens with zero attached hydrogens (tertiary/aromatic N) is 3. The van der Waals surface area contributed by atoms with E-state index >= 15 is 0 Å². The summed E-state index contributed by atoms with van der Waals surface area (Å²) in [6.45, 7) is 2.64. The Morgan fingerprint density at radius 2 is 2.24 bits per heavy atom. The molecule has 2 N–H and O–H groups in total. The largest absolute Gasteiger partial charge is 0.491 e. The minimum absolute atomic E-state index is 0.137. The first-order valence-electron chi connectivity index (χ1n) is 6.64. The van der Waals surface area contributed by atoms with Crippen LogP contribution in [0.4, 0.5) is 10.6 Å². The van der Waals surface area contributed by atoms with Gasteiger partial charge in [-0.25, -0.2) is 14.8 Å². The van der Waals surface area contributed by atoms with Gasteiger partial charge in [-0.15, -0.1) is 0 Å². The fraction of sp³-hybridized carbons (Fsp3) is 0.538. The quantitative estimate of drug-likeness (QED) is 0.863. The van der Waals surface area contributed by atoms with Crippen molar-refractivity contribution in [2.75, 3.05) is 25.5 Å². The van der Waals surface area contributed by atoms with Gasteiger partial charge in [0.05, 0.1) is 19.2 Å². The molecule has 1 aliphatic rings. The summed E-state index contributed by atoms with van der Waals surface area (Å²) in [7, 11) is 1.46. The lowest BCUT2D eigenvalue weighted by Crippen LogP contribution is -2.47. The van der Waals surface area contributed by atoms with Crippen molar-refractivity contribution >= 4 is 17.8 Å². The smallest absolute Gasteiger partial charge is 0.323 e. The molecule has 0 aromatic carbocycles. The van der Waals surface area contributed by atoms with E-state index in [0.717, 1.165) is 0 Å². The first-order valence-corrected chi connectivity index (χ1v) is 6.64. The molecule has 0 radical (unpaired) electrons. The molecule has 8 heteroatoms. The van der Waals surface area contributed by atoms with Crippen molar-refractivity contribution in [2.24, 2.45) is 11.8 Å². The number of urea groups is 1. The van der Waals surface area contributed by atoms with Gasteiger partial charge >= 0.3 is 12.0 Å². The Hall–Kier alpha value is -2.38. The molecule has 2 unspecified atom stereocenters. The van der Waals surface area contributed by atoms with Crippen LogP contribution in [0.25, 0.3) is 0 Å². The summed E-state index contributed by atoms with van der Waals surface area (Å²) in [4.78, 5) is 32.6. The molecule has 1 aliphatic heterocycles. The number of aliphatic carboxylic acids is 1. The first-order chi connectivity index (χ1) is 10.0. The highest BCUT2D eigenvalue weighted by Gasteiger charge is 2.32. The summed E-state index contributed by atoms with van der Waals surface area (Å²) in [5, 5.41) is 11.8. The average molecular weight is 294 g/mol. The normalized spacial score (nSPS) is 21.7. The van der Waals surface area contributed by atoms with Gasteiger partial charge in [0.25, 0.3) is 0 Å². The van der Waals surface area contributed by atoms with Gasteiger partial charge in [-0.2, -0.15) is 0 Å². The second-order valence-corrected chi connectivity index (χ2v) is 5.15. The third-order valence-corrected chi connectivity index (χ3v) is 3.42. The van der Waals surface area contributed by atoms with Gasteiger partial charge in [0.15, 0.2) is 11.6 Å². The SMILES string of the molecule is COc1cncnc1NC(=O)N1CC(C)CC(C(=O)O)C1. The van der Waals surface area contributed by atoms with E-state index in [4.69, 9.17) is 9.84 Å². The molecule has 0 bridgehead atoms. The topological polar surface area (TPSA) is 105 Å². The lowest BCUT2D eigenvalue weighted by molar-refractivity contribution is -0.143. The second-order valence-electron chi connectivity index (χ2n) is 5.15. The van der Waals surface area contributed by atoms with E-state index in [1.165, 1.54) is 24.5 Å². The summed E-state index contributed by atoms with van der Waals surface area (Å²) in [5.74, 6) is -0.656. The number of carboxylic acid groups (broad SMARTS) is 1. The third-order valence-electron chi connectivity index (χ3n) is 3.42. The molecule has 1 aromatic rings. The van der Waals surface area contributed by atoms with E-state index in [1.54, 1.807) is 0 Å². The Morgan fingerprint density at radius 3 is 2.90 bits per heavy atom. The molecule has 2 amide bonds. The zero-order valence-corrected chi connectivity index (χ0v) is 11.9. The number of hydrogen-bond acceptors (Lipinski definition) is 5. The van der Waals surface area contributed by atoms with E-state index in [2.05, 4.69) is 15.3 Å². The Bertz CT molecular complexity index is 537. The Labute approximate surface area is 122 Å². The molecular weight excluding hydrogens is 276 g/mol. The standard InChI is InChI=1S/C13H18N4O4/c1-8-3-9(12(18)19)6-17(5-8)13(20)16-11-10(21-2)4-14-7-15-11/h4,7-9H,3,5-6H2,1-2H3,(H,18,19)(H,14,15,16,20). The number of carboxylic acids is 1. The number of carbonyl (C=O) groups is 2. The van der Waals surface area contributed by atoms with Gasteiger partial charge in [-0.1, -0.05) is 6.92 Å². The summed E-state index contributed by atoms with van der Waals surface area (Å²) in [5.41, 5.74) is 0. The average Bonchev–Trinajstić information content (AvgIpc) is 2.47. The van der Waals surface area contributed by atoms with Gasteiger partial charge in [0.1, 0.15) is 6.33 Å². The van der Waals surface area contributed by atoms with Gasteiger partial charge in [0, 0.05) is 13.1 Å².